The molecule has 0 bridgehead atoms. The van der Waals surface area contributed by atoms with Crippen LogP contribution in [0.15, 0.2) is 29.8 Å². The van der Waals surface area contributed by atoms with E-state index in [0.717, 1.165) is 11.1 Å². The van der Waals surface area contributed by atoms with Gasteiger partial charge in [0.05, 0.1) is 6.42 Å². The highest BCUT2D eigenvalue weighted by Gasteiger charge is 2.33. The van der Waals surface area contributed by atoms with Gasteiger partial charge in [0.15, 0.2) is 0 Å². The van der Waals surface area contributed by atoms with Gasteiger partial charge in [-0.15, -0.1) is 0 Å². The Morgan fingerprint density at radius 1 is 1.29 bits per heavy atom. The molecule has 0 aliphatic carbocycles. The smallest absolute Gasteiger partial charge is 0.322 e. The highest BCUT2D eigenvalue weighted by Crippen LogP contribution is 2.20. The number of rotatable bonds is 3. The first kappa shape index (κ1) is 16.2. The monoisotopic (exact) mass is 331 g/mol. The van der Waals surface area contributed by atoms with Gasteiger partial charge >= 0.3 is 6.03 Å². The molecule has 0 saturated carbocycles. The summed E-state index contributed by atoms with van der Waals surface area (Å²) in [5, 5.41) is 4.54. The third kappa shape index (κ3) is 3.79. The van der Waals surface area contributed by atoms with E-state index in [-0.39, 0.29) is 18.1 Å². The molecule has 1 atom stereocenters. The fourth-order valence-electron chi connectivity index (χ4n) is 2.93. The largest absolute Gasteiger partial charge is 0.342 e. The molecule has 0 unspecified atom stereocenters. The summed E-state index contributed by atoms with van der Waals surface area (Å²) < 4.78 is 13.2. The van der Waals surface area contributed by atoms with Gasteiger partial charge in [-0.05, 0) is 30.5 Å². The molecule has 2 saturated heterocycles. The molecule has 2 aliphatic rings. The topological polar surface area (TPSA) is 78.5 Å². The van der Waals surface area contributed by atoms with Crippen molar-refractivity contribution < 1.29 is 18.8 Å². The molecule has 2 heterocycles. The molecule has 1 aromatic carbocycles. The van der Waals surface area contributed by atoms with E-state index >= 15 is 0 Å². The molecule has 24 heavy (non-hydrogen) atoms. The number of amides is 4. The summed E-state index contributed by atoms with van der Waals surface area (Å²) >= 11 is 0. The van der Waals surface area contributed by atoms with E-state index in [1.54, 1.807) is 11.0 Å². The van der Waals surface area contributed by atoms with Gasteiger partial charge in [0, 0.05) is 13.1 Å². The minimum atomic E-state index is -0.783. The van der Waals surface area contributed by atoms with Gasteiger partial charge in [-0.1, -0.05) is 23.8 Å². The lowest BCUT2D eigenvalue weighted by Gasteiger charge is -2.29. The Morgan fingerprint density at radius 3 is 2.67 bits per heavy atom. The minimum Gasteiger partial charge on any atom is -0.342 e. The Morgan fingerprint density at radius 2 is 2.04 bits per heavy atom. The molecule has 2 N–H and O–H groups in total. The number of carbonyl (C=O) groups is 3. The fourth-order valence-corrected chi connectivity index (χ4v) is 2.93. The van der Waals surface area contributed by atoms with Crippen LogP contribution in [0.4, 0.5) is 9.18 Å². The van der Waals surface area contributed by atoms with E-state index in [2.05, 4.69) is 10.6 Å². The highest BCUT2D eigenvalue weighted by atomic mass is 19.1. The van der Waals surface area contributed by atoms with Crippen molar-refractivity contribution in [3.8, 4) is 0 Å². The first-order valence-corrected chi connectivity index (χ1v) is 7.85. The zero-order chi connectivity index (χ0) is 17.1. The van der Waals surface area contributed by atoms with Crippen LogP contribution < -0.4 is 10.6 Å². The number of halogens is 1. The van der Waals surface area contributed by atoms with E-state index in [1.807, 2.05) is 12.1 Å². The number of nitrogens with one attached hydrogen (secondary N) is 2. The quantitative estimate of drug-likeness (QED) is 0.823. The molecule has 126 valence electrons. The second kappa shape index (κ2) is 6.82. The number of likely N-dealkylation sites (tertiary alicyclic amines) is 1. The number of piperidine rings is 1. The molecule has 2 aliphatic heterocycles. The first-order chi connectivity index (χ1) is 11.5. The van der Waals surface area contributed by atoms with Crippen molar-refractivity contribution in [1.82, 2.24) is 15.5 Å². The fraction of sp³-hybridized carbons (Fsp3) is 0.353. The third-order valence-corrected chi connectivity index (χ3v) is 4.22. The van der Waals surface area contributed by atoms with E-state index in [1.165, 1.54) is 12.1 Å². The molecule has 2 fully saturated rings. The first-order valence-electron chi connectivity index (χ1n) is 7.85. The van der Waals surface area contributed by atoms with Crippen LogP contribution in [0.3, 0.4) is 0 Å². The van der Waals surface area contributed by atoms with Crippen LogP contribution in [0.5, 0.6) is 0 Å². The molecule has 4 amide bonds. The van der Waals surface area contributed by atoms with Gasteiger partial charge in [-0.25, -0.2) is 9.18 Å². The lowest BCUT2D eigenvalue weighted by atomic mass is 10.00. The molecular weight excluding hydrogens is 313 g/mol. The van der Waals surface area contributed by atoms with Crippen molar-refractivity contribution in [3.05, 3.63) is 41.2 Å². The number of benzene rings is 1. The van der Waals surface area contributed by atoms with Gasteiger partial charge < -0.3 is 10.2 Å². The van der Waals surface area contributed by atoms with Gasteiger partial charge in [-0.2, -0.15) is 0 Å². The van der Waals surface area contributed by atoms with Crippen LogP contribution in [0, 0.1) is 5.82 Å². The number of imide groups is 1. The summed E-state index contributed by atoms with van der Waals surface area (Å²) in [5.41, 5.74) is 1.98. The average molecular weight is 331 g/mol. The third-order valence-electron chi connectivity index (χ3n) is 4.22. The van der Waals surface area contributed by atoms with Crippen LogP contribution in [0.1, 0.15) is 24.8 Å². The van der Waals surface area contributed by atoms with Crippen LogP contribution >= 0.6 is 0 Å². The van der Waals surface area contributed by atoms with Crippen LogP contribution in [-0.4, -0.2) is 41.9 Å². The number of urea groups is 1. The Kier molecular flexibility index (Phi) is 4.59. The zero-order valence-corrected chi connectivity index (χ0v) is 13.0. The van der Waals surface area contributed by atoms with Crippen molar-refractivity contribution in [1.29, 1.82) is 0 Å². The molecule has 1 aromatic rings. The van der Waals surface area contributed by atoms with Gasteiger partial charge in [0.2, 0.25) is 5.91 Å². The van der Waals surface area contributed by atoms with Crippen molar-refractivity contribution in [2.24, 2.45) is 0 Å². The lowest BCUT2D eigenvalue weighted by Crippen LogP contribution is -2.41. The maximum Gasteiger partial charge on any atom is 0.322 e. The lowest BCUT2D eigenvalue weighted by molar-refractivity contribution is -0.134. The highest BCUT2D eigenvalue weighted by molar-refractivity contribution is 6.05. The van der Waals surface area contributed by atoms with Crippen LogP contribution in [0.2, 0.25) is 0 Å². The molecule has 0 radical (unpaired) electrons. The van der Waals surface area contributed by atoms with E-state index in [0.29, 0.717) is 25.9 Å². The van der Waals surface area contributed by atoms with Crippen molar-refractivity contribution in [3.63, 3.8) is 0 Å². The molecule has 0 aromatic heterocycles. The molecule has 0 spiro atoms. The average Bonchev–Trinajstić information content (AvgIpc) is 2.85. The Bertz CT molecular complexity index is 707. The van der Waals surface area contributed by atoms with Gasteiger partial charge in [0.25, 0.3) is 5.91 Å². The summed E-state index contributed by atoms with van der Waals surface area (Å²) in [5.74, 6) is -0.881. The molecule has 3 rings (SSSR count). The number of hydrogen-bond donors (Lipinski definition) is 2. The predicted molar refractivity (Wildman–Crippen MR) is 85.3 cm³/mol. The summed E-state index contributed by atoms with van der Waals surface area (Å²) in [6.45, 7) is 1.12. The number of hydrogen-bond acceptors (Lipinski definition) is 3. The van der Waals surface area contributed by atoms with Crippen molar-refractivity contribution >= 4 is 23.9 Å². The van der Waals surface area contributed by atoms with Gasteiger partial charge in [0.1, 0.15) is 11.9 Å². The maximum atomic E-state index is 13.2. The number of nitrogens with zero attached hydrogens (tertiary/aromatic N) is 1. The summed E-state index contributed by atoms with van der Waals surface area (Å²) in [6.07, 6.45) is 3.35. The SMILES string of the molecule is O=C1NC(=O)[C@H](CC(=O)N2CCC(=Cc3cccc(F)c3)CC2)N1. The summed E-state index contributed by atoms with van der Waals surface area (Å²) in [7, 11) is 0. The molecule has 7 heteroatoms. The van der Waals surface area contributed by atoms with E-state index in [4.69, 9.17) is 0 Å². The number of carbonyl (C=O) groups excluding carboxylic acids is 3. The Labute approximate surface area is 138 Å². The second-order valence-electron chi connectivity index (χ2n) is 5.96. The standard InChI is InChI=1S/C17H18FN3O3/c18-13-3-1-2-12(9-13)8-11-4-6-21(7-5-11)15(22)10-14-16(23)20-17(24)19-14/h1-3,8-9,14H,4-7,10H2,(H2,19,20,23,24)/t14-/m0/s1. The van der Waals surface area contributed by atoms with Crippen molar-refractivity contribution in [2.45, 2.75) is 25.3 Å². The van der Waals surface area contributed by atoms with Crippen LogP contribution in [0.25, 0.3) is 6.08 Å². The minimum absolute atomic E-state index is 0.0273. The molecule has 6 nitrogen and oxygen atoms in total. The summed E-state index contributed by atoms with van der Waals surface area (Å²) in [4.78, 5) is 36.5. The maximum absolute atomic E-state index is 13.2. The van der Waals surface area contributed by atoms with E-state index < -0.39 is 18.0 Å². The van der Waals surface area contributed by atoms with Crippen LogP contribution in [-0.2, 0) is 9.59 Å². The second-order valence-corrected chi connectivity index (χ2v) is 5.96. The Balaban J connectivity index is 1.54. The Hall–Kier alpha value is -2.70. The summed E-state index contributed by atoms with van der Waals surface area (Å²) in [6, 6.07) is 5.05. The molecular formula is C17H18FN3O3. The predicted octanol–water partition coefficient (Wildman–Crippen LogP) is 1.43. The van der Waals surface area contributed by atoms with Crippen molar-refractivity contribution in [2.75, 3.05) is 13.1 Å². The normalized spacial score (nSPS) is 20.6. The van der Waals surface area contributed by atoms with Gasteiger partial charge in [-0.3, -0.25) is 14.9 Å². The van der Waals surface area contributed by atoms with E-state index in [9.17, 15) is 18.8 Å². The zero-order valence-electron chi connectivity index (χ0n) is 13.0.